The predicted molar refractivity (Wildman–Crippen MR) is 95.3 cm³/mol. The molecular weight excluding hydrogens is 344 g/mol. The van der Waals surface area contributed by atoms with Crippen molar-refractivity contribution in [3.63, 3.8) is 0 Å². The Bertz CT molecular complexity index is 822. The molecule has 0 aliphatic carbocycles. The molecule has 2 rings (SSSR count). The van der Waals surface area contributed by atoms with Gasteiger partial charge in [0.05, 0.1) is 5.56 Å². The monoisotopic (exact) mass is 360 g/mol. The number of allylic oxidation sites excluding steroid dienone is 1. The van der Waals surface area contributed by atoms with Crippen molar-refractivity contribution >= 4 is 29.4 Å². The zero-order valence-electron chi connectivity index (χ0n) is 13.7. The summed E-state index contributed by atoms with van der Waals surface area (Å²) < 4.78 is 5.40. The molecule has 5 nitrogen and oxygen atoms in total. The van der Waals surface area contributed by atoms with Gasteiger partial charge in [-0.15, -0.1) is 0 Å². The van der Waals surface area contributed by atoms with Gasteiger partial charge in [-0.25, -0.2) is 4.79 Å². The Kier molecular flexibility index (Phi) is 5.49. The maximum absolute atomic E-state index is 12.1. The Labute approximate surface area is 150 Å². The Hall–Kier alpha value is -2.79. The van der Waals surface area contributed by atoms with Crippen molar-refractivity contribution in [1.82, 2.24) is 0 Å². The molecule has 0 aliphatic rings. The third kappa shape index (κ3) is 4.84. The Morgan fingerprint density at radius 3 is 2.32 bits per heavy atom. The van der Waals surface area contributed by atoms with Crippen LogP contribution >= 0.6 is 11.6 Å². The second kappa shape index (κ2) is 7.40. The van der Waals surface area contributed by atoms with Gasteiger partial charge in [0.25, 0.3) is 0 Å². The van der Waals surface area contributed by atoms with Crippen molar-refractivity contribution in [2.45, 2.75) is 19.4 Å². The molecule has 0 saturated carbocycles. The minimum Gasteiger partial charge on any atom is -0.507 e. The number of carboxylic acids is 1. The molecule has 0 heterocycles. The Morgan fingerprint density at radius 2 is 1.76 bits per heavy atom. The maximum Gasteiger partial charge on any atom is 0.347 e. The van der Waals surface area contributed by atoms with E-state index >= 15 is 0 Å². The smallest absolute Gasteiger partial charge is 0.347 e. The summed E-state index contributed by atoms with van der Waals surface area (Å²) in [6, 6.07) is 10.9. The Balaban J connectivity index is 2.09. The zero-order chi connectivity index (χ0) is 18.6. The highest BCUT2D eigenvalue weighted by Gasteiger charge is 2.29. The molecule has 0 amide bonds. The normalized spacial score (nSPS) is 11.5. The average Bonchev–Trinajstić information content (AvgIpc) is 2.53. The molecule has 0 bridgehead atoms. The molecule has 0 fully saturated rings. The fraction of sp³-hybridized carbons (Fsp3) is 0.158. The first kappa shape index (κ1) is 18.5. The summed E-state index contributed by atoms with van der Waals surface area (Å²) in [4.78, 5) is 23.2. The lowest BCUT2D eigenvalue weighted by Gasteiger charge is -2.21. The lowest BCUT2D eigenvalue weighted by Crippen LogP contribution is -2.37. The minimum absolute atomic E-state index is 0.156. The topological polar surface area (TPSA) is 83.8 Å². The summed E-state index contributed by atoms with van der Waals surface area (Å²) in [5.41, 5.74) is -0.453. The molecule has 0 aliphatic heterocycles. The first-order valence-electron chi connectivity index (χ1n) is 7.42. The molecule has 0 radical (unpaired) electrons. The van der Waals surface area contributed by atoms with E-state index in [2.05, 4.69) is 0 Å². The van der Waals surface area contributed by atoms with Gasteiger partial charge in [-0.2, -0.15) is 0 Å². The number of rotatable bonds is 6. The lowest BCUT2D eigenvalue weighted by molar-refractivity contribution is -0.152. The Morgan fingerprint density at radius 1 is 1.12 bits per heavy atom. The number of phenols is 1. The molecule has 0 aromatic heterocycles. The summed E-state index contributed by atoms with van der Waals surface area (Å²) in [7, 11) is 0. The number of ketones is 1. The third-order valence-electron chi connectivity index (χ3n) is 3.42. The number of ether oxygens (including phenoxy) is 1. The van der Waals surface area contributed by atoms with Crippen LogP contribution in [0.25, 0.3) is 6.08 Å². The fourth-order valence-electron chi connectivity index (χ4n) is 1.96. The van der Waals surface area contributed by atoms with Crippen LogP contribution in [0.5, 0.6) is 11.5 Å². The van der Waals surface area contributed by atoms with Crippen molar-refractivity contribution in [3.8, 4) is 11.5 Å². The van der Waals surface area contributed by atoms with Crippen LogP contribution in [0.2, 0.25) is 5.02 Å². The molecule has 0 saturated heterocycles. The van der Waals surface area contributed by atoms with Crippen LogP contribution in [0, 0.1) is 0 Å². The number of carbonyl (C=O) groups excluding carboxylic acids is 1. The van der Waals surface area contributed by atoms with Gasteiger partial charge in [0.2, 0.25) is 0 Å². The van der Waals surface area contributed by atoms with Gasteiger partial charge in [-0.3, -0.25) is 4.79 Å². The molecule has 2 aromatic carbocycles. The van der Waals surface area contributed by atoms with Crippen molar-refractivity contribution < 1.29 is 24.5 Å². The third-order valence-corrected chi connectivity index (χ3v) is 3.66. The second-order valence-electron chi connectivity index (χ2n) is 5.85. The summed E-state index contributed by atoms with van der Waals surface area (Å²) in [6.45, 7) is 2.92. The van der Waals surface area contributed by atoms with Crippen molar-refractivity contribution in [2.24, 2.45) is 0 Å². The van der Waals surface area contributed by atoms with Gasteiger partial charge in [0, 0.05) is 5.02 Å². The standard InChI is InChI=1S/C19H17ClO5/c1-19(2,18(23)24)25-14-7-3-12(4-8-14)5-10-16(21)15-9-6-13(20)11-17(15)22/h3-11,22H,1-2H3,(H,23,24). The molecular formula is C19H17ClO5. The van der Waals surface area contributed by atoms with E-state index in [4.69, 9.17) is 21.4 Å². The van der Waals surface area contributed by atoms with Crippen LogP contribution in [0.3, 0.4) is 0 Å². The molecule has 6 heteroatoms. The summed E-state index contributed by atoms with van der Waals surface area (Å²) in [5.74, 6) is -1.20. The van der Waals surface area contributed by atoms with Crippen molar-refractivity contribution in [3.05, 3.63) is 64.7 Å². The van der Waals surface area contributed by atoms with Crippen molar-refractivity contribution in [1.29, 1.82) is 0 Å². The highest BCUT2D eigenvalue weighted by Crippen LogP contribution is 2.23. The number of aliphatic carboxylic acids is 1. The molecule has 0 spiro atoms. The van der Waals surface area contributed by atoms with Crippen molar-refractivity contribution in [2.75, 3.05) is 0 Å². The fourth-order valence-corrected chi connectivity index (χ4v) is 2.13. The number of halogens is 1. The number of aromatic hydroxyl groups is 1. The lowest BCUT2D eigenvalue weighted by atomic mass is 10.1. The molecule has 0 atom stereocenters. The SMILES string of the molecule is CC(C)(Oc1ccc(C=CC(=O)c2ccc(Cl)cc2O)cc1)C(=O)O. The van der Waals surface area contributed by atoms with Gasteiger partial charge in [0.15, 0.2) is 11.4 Å². The van der Waals surface area contributed by atoms with E-state index < -0.39 is 11.6 Å². The van der Waals surface area contributed by atoms with Gasteiger partial charge >= 0.3 is 5.97 Å². The van der Waals surface area contributed by atoms with Crippen LogP contribution in [-0.4, -0.2) is 27.6 Å². The van der Waals surface area contributed by atoms with E-state index in [1.165, 1.54) is 38.1 Å². The summed E-state index contributed by atoms with van der Waals surface area (Å²) >= 11 is 5.74. The molecule has 0 unspecified atom stereocenters. The average molecular weight is 361 g/mol. The van der Waals surface area contributed by atoms with Gasteiger partial charge in [0.1, 0.15) is 11.5 Å². The largest absolute Gasteiger partial charge is 0.507 e. The number of benzene rings is 2. The van der Waals surface area contributed by atoms with Crippen LogP contribution in [0.15, 0.2) is 48.5 Å². The van der Waals surface area contributed by atoms with Crippen LogP contribution < -0.4 is 4.74 Å². The first-order valence-corrected chi connectivity index (χ1v) is 7.80. The van der Waals surface area contributed by atoms with E-state index in [-0.39, 0.29) is 17.1 Å². The van der Waals surface area contributed by atoms with E-state index in [1.54, 1.807) is 30.3 Å². The van der Waals surface area contributed by atoms with Crippen LogP contribution in [-0.2, 0) is 4.79 Å². The number of phenolic OH excluding ortho intramolecular Hbond substituents is 1. The molecule has 130 valence electrons. The van der Waals surface area contributed by atoms with Gasteiger partial charge in [-0.1, -0.05) is 29.8 Å². The predicted octanol–water partition coefficient (Wildman–Crippen LogP) is 4.18. The number of carboxylic acid groups (broad SMARTS) is 1. The van der Waals surface area contributed by atoms with E-state index in [0.29, 0.717) is 10.8 Å². The van der Waals surface area contributed by atoms with Crippen LogP contribution in [0.1, 0.15) is 29.8 Å². The van der Waals surface area contributed by atoms with E-state index in [1.807, 2.05) is 0 Å². The maximum atomic E-state index is 12.1. The molecule has 2 aromatic rings. The summed E-state index contributed by atoms with van der Waals surface area (Å²) in [6.07, 6.45) is 2.92. The second-order valence-corrected chi connectivity index (χ2v) is 6.28. The molecule has 25 heavy (non-hydrogen) atoms. The number of hydrogen-bond donors (Lipinski definition) is 2. The zero-order valence-corrected chi connectivity index (χ0v) is 14.4. The quantitative estimate of drug-likeness (QED) is 0.596. The first-order chi connectivity index (χ1) is 11.7. The molecule has 2 N–H and O–H groups in total. The number of carbonyl (C=O) groups is 2. The van der Waals surface area contributed by atoms with E-state index in [0.717, 1.165) is 5.56 Å². The van der Waals surface area contributed by atoms with Gasteiger partial charge in [-0.05, 0) is 55.8 Å². The van der Waals surface area contributed by atoms with E-state index in [9.17, 15) is 14.7 Å². The minimum atomic E-state index is -1.33. The highest BCUT2D eigenvalue weighted by atomic mass is 35.5. The number of hydrogen-bond acceptors (Lipinski definition) is 4. The summed E-state index contributed by atoms with van der Waals surface area (Å²) in [5, 5.41) is 19.1. The highest BCUT2D eigenvalue weighted by molar-refractivity contribution is 6.31. The van der Waals surface area contributed by atoms with Gasteiger partial charge < -0.3 is 14.9 Å². The van der Waals surface area contributed by atoms with Crippen LogP contribution in [0.4, 0.5) is 0 Å².